The van der Waals surface area contributed by atoms with Crippen molar-refractivity contribution in [3.8, 4) is 22.2 Å². The fraction of sp³-hybridized carbons (Fsp3) is 0.111. The zero-order chi connectivity index (χ0) is 16.5. The molecule has 0 unspecified atom stereocenters. The molecular weight excluding hydrogens is 318 g/mol. The summed E-state index contributed by atoms with van der Waals surface area (Å²) in [5.74, 6) is 0.771. The predicted octanol–water partition coefficient (Wildman–Crippen LogP) is 3.28. The molecule has 118 valence electrons. The van der Waals surface area contributed by atoms with Crippen LogP contribution in [0.1, 0.15) is 10.6 Å². The van der Waals surface area contributed by atoms with E-state index in [0.717, 1.165) is 27.9 Å². The van der Waals surface area contributed by atoms with Crippen LogP contribution in [0.4, 0.5) is 0 Å². The van der Waals surface area contributed by atoms with Gasteiger partial charge in [0.25, 0.3) is 0 Å². The van der Waals surface area contributed by atoms with Crippen molar-refractivity contribution in [1.82, 2.24) is 20.1 Å². The number of thiazole rings is 1. The Hall–Kier alpha value is -2.86. The molecular formula is C18H16N5S+. The van der Waals surface area contributed by atoms with Gasteiger partial charge >= 0.3 is 11.0 Å². The van der Waals surface area contributed by atoms with Gasteiger partial charge in [0.05, 0.1) is 5.10 Å². The first-order chi connectivity index (χ1) is 11.7. The van der Waals surface area contributed by atoms with Gasteiger partial charge in [0, 0.05) is 10.4 Å². The molecule has 0 fully saturated rings. The van der Waals surface area contributed by atoms with E-state index in [1.807, 2.05) is 72.3 Å². The summed E-state index contributed by atoms with van der Waals surface area (Å²) < 4.78 is 1.97. The number of hydrogen-bond acceptors (Lipinski definition) is 4. The van der Waals surface area contributed by atoms with Crippen LogP contribution >= 0.6 is 11.3 Å². The Kier molecular flexibility index (Phi) is 3.66. The number of nitrogens with zero attached hydrogens (tertiary/aromatic N) is 5. The lowest BCUT2D eigenvalue weighted by atomic mass is 10.2. The molecule has 0 bridgehead atoms. The Labute approximate surface area is 143 Å². The summed E-state index contributed by atoms with van der Waals surface area (Å²) in [5, 5.41) is 9.65. The molecule has 2 aromatic carbocycles. The highest BCUT2D eigenvalue weighted by Gasteiger charge is 2.26. The van der Waals surface area contributed by atoms with Crippen molar-refractivity contribution < 1.29 is 4.68 Å². The standard InChI is InChI=1S/C18H16N5S/c1-13-14(2)24-18(19-13)22-17(15-9-5-3-6-10-15)20-21-23(22)16-11-7-4-8-12-16/h3-12H,1-2H3/q+1. The molecule has 2 heterocycles. The summed E-state index contributed by atoms with van der Waals surface area (Å²) in [4.78, 5) is 7.69. The first-order valence-electron chi connectivity index (χ1n) is 7.67. The van der Waals surface area contributed by atoms with Crippen molar-refractivity contribution in [2.75, 3.05) is 0 Å². The fourth-order valence-electron chi connectivity index (χ4n) is 2.47. The molecule has 0 aliphatic carbocycles. The summed E-state index contributed by atoms with van der Waals surface area (Å²) in [5.41, 5.74) is 2.98. The van der Waals surface area contributed by atoms with Crippen LogP contribution in [0.15, 0.2) is 60.7 Å². The summed E-state index contributed by atoms with van der Waals surface area (Å²) in [6.45, 7) is 4.10. The van der Waals surface area contributed by atoms with E-state index in [9.17, 15) is 0 Å². The van der Waals surface area contributed by atoms with E-state index in [1.165, 1.54) is 4.88 Å². The first-order valence-corrected chi connectivity index (χ1v) is 8.49. The second kappa shape index (κ2) is 5.98. The Bertz CT molecular complexity index is 897. The van der Waals surface area contributed by atoms with Crippen LogP contribution in [0.5, 0.6) is 0 Å². The van der Waals surface area contributed by atoms with Crippen LogP contribution in [0.2, 0.25) is 0 Å². The summed E-state index contributed by atoms with van der Waals surface area (Å²) in [7, 11) is 0. The zero-order valence-corrected chi connectivity index (χ0v) is 14.2. The van der Waals surface area contributed by atoms with Crippen LogP contribution < -0.4 is 4.68 Å². The maximum atomic E-state index is 4.71. The molecule has 0 aliphatic heterocycles. The predicted molar refractivity (Wildman–Crippen MR) is 93.5 cm³/mol. The van der Waals surface area contributed by atoms with Gasteiger partial charge < -0.3 is 0 Å². The average Bonchev–Trinajstić information content (AvgIpc) is 3.20. The number of para-hydroxylation sites is 1. The zero-order valence-electron chi connectivity index (χ0n) is 13.4. The van der Waals surface area contributed by atoms with Crippen LogP contribution in [-0.4, -0.2) is 20.1 Å². The molecule has 6 heteroatoms. The minimum atomic E-state index is 0.771. The lowest BCUT2D eigenvalue weighted by Gasteiger charge is -2.02. The second-order valence-corrected chi connectivity index (χ2v) is 6.64. The minimum absolute atomic E-state index is 0.771. The topological polar surface area (TPSA) is 47.5 Å². The molecule has 0 radical (unpaired) electrons. The molecule has 0 amide bonds. The lowest BCUT2D eigenvalue weighted by Crippen LogP contribution is -2.42. The minimum Gasteiger partial charge on any atom is -0.127 e. The maximum absolute atomic E-state index is 4.71. The normalized spacial score (nSPS) is 10.9. The quantitative estimate of drug-likeness (QED) is 0.540. The summed E-state index contributed by atoms with van der Waals surface area (Å²) >= 11 is 1.64. The molecule has 5 nitrogen and oxygen atoms in total. The van der Waals surface area contributed by atoms with Gasteiger partial charge in [0.1, 0.15) is 16.6 Å². The van der Waals surface area contributed by atoms with Crippen molar-refractivity contribution in [3.05, 3.63) is 71.2 Å². The monoisotopic (exact) mass is 334 g/mol. The Morgan fingerprint density at radius 2 is 1.58 bits per heavy atom. The number of benzene rings is 2. The molecule has 4 aromatic rings. The van der Waals surface area contributed by atoms with Crippen molar-refractivity contribution in [3.63, 3.8) is 0 Å². The molecule has 0 aliphatic rings. The van der Waals surface area contributed by atoms with Gasteiger partial charge in [-0.2, -0.15) is 0 Å². The molecule has 2 aromatic heterocycles. The molecule has 0 saturated carbocycles. The van der Waals surface area contributed by atoms with E-state index in [1.54, 1.807) is 16.1 Å². The Morgan fingerprint density at radius 1 is 0.917 bits per heavy atom. The highest BCUT2D eigenvalue weighted by Crippen LogP contribution is 2.20. The molecule has 0 spiro atoms. The van der Waals surface area contributed by atoms with Crippen LogP contribution in [0.25, 0.3) is 22.2 Å². The lowest BCUT2D eigenvalue weighted by molar-refractivity contribution is -0.669. The number of tetrazole rings is 1. The largest absolute Gasteiger partial charge is 0.313 e. The first kappa shape index (κ1) is 14.7. The van der Waals surface area contributed by atoms with Crippen LogP contribution in [-0.2, 0) is 0 Å². The Balaban J connectivity index is 1.98. The van der Waals surface area contributed by atoms with Crippen LogP contribution in [0.3, 0.4) is 0 Å². The third-order valence-corrected chi connectivity index (χ3v) is 4.88. The third-order valence-electron chi connectivity index (χ3n) is 3.83. The van der Waals surface area contributed by atoms with Gasteiger partial charge in [-0.3, -0.25) is 0 Å². The number of aryl methyl sites for hydroxylation is 2. The summed E-state index contributed by atoms with van der Waals surface area (Å²) in [6.07, 6.45) is 0. The third kappa shape index (κ3) is 2.51. The molecule has 0 saturated heterocycles. The second-order valence-electron chi connectivity index (χ2n) is 5.45. The number of hydrogen-bond donors (Lipinski definition) is 0. The average molecular weight is 334 g/mol. The van der Waals surface area contributed by atoms with Crippen LogP contribution in [0, 0.1) is 13.8 Å². The van der Waals surface area contributed by atoms with Gasteiger partial charge in [-0.25, -0.2) is 0 Å². The fourth-order valence-corrected chi connectivity index (χ4v) is 3.37. The van der Waals surface area contributed by atoms with E-state index in [4.69, 9.17) is 4.98 Å². The SMILES string of the molecule is Cc1nc(-[n+]2c(-c3ccccc3)nnn2-c2ccccc2)sc1C. The highest BCUT2D eigenvalue weighted by molar-refractivity contribution is 7.13. The van der Waals surface area contributed by atoms with E-state index >= 15 is 0 Å². The molecule has 4 rings (SSSR count). The van der Waals surface area contributed by atoms with Crippen molar-refractivity contribution in [1.29, 1.82) is 0 Å². The molecule has 0 atom stereocenters. The van der Waals surface area contributed by atoms with Crippen molar-refractivity contribution in [2.45, 2.75) is 13.8 Å². The van der Waals surface area contributed by atoms with Crippen molar-refractivity contribution >= 4 is 11.3 Å². The van der Waals surface area contributed by atoms with Crippen molar-refractivity contribution in [2.24, 2.45) is 0 Å². The van der Waals surface area contributed by atoms with E-state index in [-0.39, 0.29) is 0 Å². The van der Waals surface area contributed by atoms with Gasteiger partial charge in [-0.15, -0.1) is 4.98 Å². The van der Waals surface area contributed by atoms with Gasteiger partial charge in [0.2, 0.25) is 0 Å². The number of aromatic nitrogens is 5. The summed E-state index contributed by atoms with van der Waals surface area (Å²) in [6, 6.07) is 20.0. The smallest absolute Gasteiger partial charge is 0.127 e. The maximum Gasteiger partial charge on any atom is 0.313 e. The van der Waals surface area contributed by atoms with E-state index in [0.29, 0.717) is 0 Å². The molecule has 24 heavy (non-hydrogen) atoms. The van der Waals surface area contributed by atoms with Gasteiger partial charge in [-0.1, -0.05) is 52.4 Å². The van der Waals surface area contributed by atoms with E-state index < -0.39 is 0 Å². The number of rotatable bonds is 3. The van der Waals surface area contributed by atoms with Gasteiger partial charge in [0.15, 0.2) is 0 Å². The molecule has 0 N–H and O–H groups in total. The van der Waals surface area contributed by atoms with Gasteiger partial charge in [-0.05, 0) is 42.9 Å². The Morgan fingerprint density at radius 3 is 2.21 bits per heavy atom. The van der Waals surface area contributed by atoms with E-state index in [2.05, 4.69) is 17.2 Å². The highest BCUT2D eigenvalue weighted by atomic mass is 32.1.